The van der Waals surface area contributed by atoms with Crippen molar-refractivity contribution in [3.05, 3.63) is 42.5 Å². The van der Waals surface area contributed by atoms with E-state index < -0.39 is 8.32 Å². The van der Waals surface area contributed by atoms with Crippen LogP contribution in [0.5, 0.6) is 5.75 Å². The first-order valence-corrected chi connectivity index (χ1v) is 14.4. The molecule has 0 aliphatic rings. The largest absolute Gasteiger partial charge is 0.497 e. The number of rotatable bonds is 14. The molecule has 0 aliphatic heterocycles. The molecule has 0 unspecified atom stereocenters. The molecule has 1 aromatic rings. The highest BCUT2D eigenvalue weighted by atomic mass is 28.4. The Morgan fingerprint density at radius 3 is 2.17 bits per heavy atom. The fourth-order valence-electron chi connectivity index (χ4n) is 3.46. The maximum Gasteiger partial charge on any atom is 0.191 e. The van der Waals surface area contributed by atoms with Crippen molar-refractivity contribution < 1.29 is 13.9 Å². The summed E-state index contributed by atoms with van der Waals surface area (Å²) in [5.74, 6) is 1.87. The van der Waals surface area contributed by atoms with Gasteiger partial charge in [-0.2, -0.15) is 0 Å². The number of hydrogen-bond acceptors (Lipinski definition) is 3. The van der Waals surface area contributed by atoms with Gasteiger partial charge in [0.05, 0.1) is 19.8 Å². The van der Waals surface area contributed by atoms with E-state index in [-0.39, 0.29) is 11.1 Å². The second kappa shape index (κ2) is 12.7. The van der Waals surface area contributed by atoms with Crippen molar-refractivity contribution in [1.29, 1.82) is 0 Å². The molecule has 0 heterocycles. The summed E-state index contributed by atoms with van der Waals surface area (Å²) in [6.45, 7) is 21.6. The van der Waals surface area contributed by atoms with Crippen LogP contribution in [0.3, 0.4) is 0 Å². The lowest BCUT2D eigenvalue weighted by molar-refractivity contribution is -0.0331. The van der Waals surface area contributed by atoms with Crippen LogP contribution in [0.2, 0.25) is 18.1 Å². The molecule has 0 amide bonds. The minimum atomic E-state index is -1.66. The molecule has 0 aliphatic carbocycles. The zero-order valence-corrected chi connectivity index (χ0v) is 21.8. The van der Waals surface area contributed by atoms with Crippen LogP contribution in [0.1, 0.15) is 65.9 Å². The van der Waals surface area contributed by atoms with Gasteiger partial charge in [-0.25, -0.2) is 0 Å². The van der Waals surface area contributed by atoms with Crippen LogP contribution in [-0.4, -0.2) is 28.1 Å². The fourth-order valence-corrected chi connectivity index (χ4v) is 4.55. The highest BCUT2D eigenvalue weighted by molar-refractivity contribution is 6.74. The fraction of sp³-hybridized carbons (Fsp3) is 0.692. The maximum absolute atomic E-state index is 6.47. The van der Waals surface area contributed by atoms with Gasteiger partial charge in [-0.15, -0.1) is 6.58 Å². The summed E-state index contributed by atoms with van der Waals surface area (Å²) in [6, 6.07) is 8.16. The summed E-state index contributed by atoms with van der Waals surface area (Å²) in [7, 11) is 0.0305. The standard InChI is InChI=1S/C26H46O3Si/c1-10-11-13-21(2)25(28-20-23-15-17-24(27-7)18-16-23)22(3)14-12-19-29-30(8,9)26(4,5)6/h10,15-18,21-22,25H,1,11-14,19-20H2,2-9H3/t21-,22+,25+/m1/s1. The molecular weight excluding hydrogens is 388 g/mol. The molecule has 3 nitrogen and oxygen atoms in total. The van der Waals surface area contributed by atoms with Crippen LogP contribution in [0.4, 0.5) is 0 Å². The van der Waals surface area contributed by atoms with Gasteiger partial charge < -0.3 is 13.9 Å². The van der Waals surface area contributed by atoms with Gasteiger partial charge in [-0.1, -0.05) is 52.8 Å². The third kappa shape index (κ3) is 8.95. The number of ether oxygens (including phenoxy) is 2. The van der Waals surface area contributed by atoms with Crippen molar-refractivity contribution in [2.24, 2.45) is 11.8 Å². The van der Waals surface area contributed by atoms with Gasteiger partial charge in [0.1, 0.15) is 5.75 Å². The van der Waals surface area contributed by atoms with Gasteiger partial charge in [0.2, 0.25) is 0 Å². The molecule has 0 aromatic heterocycles. The zero-order valence-electron chi connectivity index (χ0n) is 20.8. The van der Waals surface area contributed by atoms with Gasteiger partial charge in [0, 0.05) is 6.61 Å². The lowest BCUT2D eigenvalue weighted by atomic mass is 9.87. The molecule has 172 valence electrons. The molecule has 1 aromatic carbocycles. The highest BCUT2D eigenvalue weighted by Crippen LogP contribution is 2.36. The SMILES string of the molecule is C=CCC[C@@H](C)[C@H](OCc1ccc(OC)cc1)[C@@H](C)CCCO[Si](C)(C)C(C)(C)C. The van der Waals surface area contributed by atoms with E-state index in [0.29, 0.717) is 18.4 Å². The minimum Gasteiger partial charge on any atom is -0.497 e. The van der Waals surface area contributed by atoms with E-state index in [4.69, 9.17) is 13.9 Å². The van der Waals surface area contributed by atoms with E-state index in [9.17, 15) is 0 Å². The molecule has 0 radical (unpaired) electrons. The number of benzene rings is 1. The Labute approximate surface area is 187 Å². The minimum absolute atomic E-state index is 0.236. The van der Waals surface area contributed by atoms with Gasteiger partial charge in [0.15, 0.2) is 8.32 Å². The van der Waals surface area contributed by atoms with Crippen molar-refractivity contribution in [2.45, 2.75) is 91.1 Å². The summed E-state index contributed by atoms with van der Waals surface area (Å²) in [4.78, 5) is 0. The molecule has 0 fully saturated rings. The quantitative estimate of drug-likeness (QED) is 0.171. The average molecular weight is 435 g/mol. The van der Waals surface area contributed by atoms with E-state index in [2.05, 4.69) is 66.4 Å². The Kier molecular flexibility index (Phi) is 11.4. The Morgan fingerprint density at radius 1 is 1.03 bits per heavy atom. The molecule has 4 heteroatoms. The maximum atomic E-state index is 6.47. The number of hydrogen-bond donors (Lipinski definition) is 0. The van der Waals surface area contributed by atoms with Crippen LogP contribution in [0.25, 0.3) is 0 Å². The first-order valence-electron chi connectivity index (χ1n) is 11.5. The molecule has 0 spiro atoms. The Hall–Kier alpha value is -1.10. The topological polar surface area (TPSA) is 27.7 Å². The predicted octanol–water partition coefficient (Wildman–Crippen LogP) is 7.62. The molecule has 30 heavy (non-hydrogen) atoms. The van der Waals surface area contributed by atoms with Crippen LogP contribution >= 0.6 is 0 Å². The van der Waals surface area contributed by atoms with Crippen LogP contribution < -0.4 is 4.74 Å². The van der Waals surface area contributed by atoms with Crippen LogP contribution in [0, 0.1) is 11.8 Å². The normalized spacial score (nSPS) is 15.5. The molecule has 0 N–H and O–H groups in total. The van der Waals surface area contributed by atoms with Crippen LogP contribution in [-0.2, 0) is 15.8 Å². The first kappa shape index (κ1) is 26.9. The van der Waals surface area contributed by atoms with Crippen molar-refractivity contribution in [2.75, 3.05) is 13.7 Å². The summed E-state index contributed by atoms with van der Waals surface area (Å²) >= 11 is 0. The Balaban J connectivity index is 2.63. The van der Waals surface area contributed by atoms with Crippen molar-refractivity contribution in [3.63, 3.8) is 0 Å². The Bertz CT molecular complexity index is 604. The number of methoxy groups -OCH3 is 1. The van der Waals surface area contributed by atoms with E-state index in [1.807, 2.05) is 18.2 Å². The van der Waals surface area contributed by atoms with E-state index >= 15 is 0 Å². The van der Waals surface area contributed by atoms with E-state index in [0.717, 1.165) is 38.0 Å². The second-order valence-corrected chi connectivity index (χ2v) is 15.0. The lowest BCUT2D eigenvalue weighted by Crippen LogP contribution is -2.41. The van der Waals surface area contributed by atoms with Crippen molar-refractivity contribution >= 4 is 8.32 Å². The molecular formula is C26H46O3Si. The smallest absolute Gasteiger partial charge is 0.191 e. The van der Waals surface area contributed by atoms with Gasteiger partial charge >= 0.3 is 0 Å². The Morgan fingerprint density at radius 2 is 1.63 bits per heavy atom. The molecule has 0 saturated carbocycles. The summed E-state index contributed by atoms with van der Waals surface area (Å²) in [5.41, 5.74) is 1.19. The highest BCUT2D eigenvalue weighted by Gasteiger charge is 2.37. The molecule has 3 atom stereocenters. The number of allylic oxidation sites excluding steroid dienone is 1. The lowest BCUT2D eigenvalue weighted by Gasteiger charge is -2.36. The third-order valence-corrected chi connectivity index (χ3v) is 11.2. The van der Waals surface area contributed by atoms with Gasteiger partial charge in [-0.05, 0) is 73.3 Å². The van der Waals surface area contributed by atoms with E-state index in [1.165, 1.54) is 5.56 Å². The van der Waals surface area contributed by atoms with Crippen molar-refractivity contribution in [3.8, 4) is 5.75 Å². The predicted molar refractivity (Wildman–Crippen MR) is 132 cm³/mol. The average Bonchev–Trinajstić information content (AvgIpc) is 2.69. The summed E-state index contributed by atoms with van der Waals surface area (Å²) in [6.07, 6.45) is 6.60. The van der Waals surface area contributed by atoms with Crippen LogP contribution in [0.15, 0.2) is 36.9 Å². The zero-order chi connectivity index (χ0) is 22.8. The summed E-state index contributed by atoms with van der Waals surface area (Å²) < 4.78 is 18.1. The molecule has 1 rings (SSSR count). The summed E-state index contributed by atoms with van der Waals surface area (Å²) in [5, 5.41) is 0.266. The molecule has 0 saturated heterocycles. The van der Waals surface area contributed by atoms with Crippen molar-refractivity contribution in [1.82, 2.24) is 0 Å². The third-order valence-electron chi connectivity index (χ3n) is 6.62. The first-order chi connectivity index (χ1) is 14.0. The monoisotopic (exact) mass is 434 g/mol. The molecule has 0 bridgehead atoms. The van der Waals surface area contributed by atoms with E-state index in [1.54, 1.807) is 7.11 Å². The van der Waals surface area contributed by atoms with Gasteiger partial charge in [-0.3, -0.25) is 0 Å². The second-order valence-electron chi connectivity index (χ2n) is 10.2. The van der Waals surface area contributed by atoms with Gasteiger partial charge in [0.25, 0.3) is 0 Å².